The summed E-state index contributed by atoms with van der Waals surface area (Å²) in [6.07, 6.45) is 0. The molecule has 0 aliphatic carbocycles. The Bertz CT molecular complexity index is 359. The van der Waals surface area contributed by atoms with E-state index in [0.717, 1.165) is 6.07 Å². The fourth-order valence-electron chi connectivity index (χ4n) is 0.755. The van der Waals surface area contributed by atoms with Crippen LogP contribution < -0.4 is 11.1 Å². The van der Waals surface area contributed by atoms with Gasteiger partial charge in [-0.2, -0.15) is 0 Å². The topological polar surface area (TPSA) is 55.1 Å². The van der Waals surface area contributed by atoms with Crippen molar-refractivity contribution in [3.63, 3.8) is 0 Å². The lowest BCUT2D eigenvalue weighted by molar-refractivity contribution is 0.259. The number of anilines is 1. The number of nitrogens with two attached hydrogens (primary N) is 1. The van der Waals surface area contributed by atoms with Gasteiger partial charge in [-0.15, -0.1) is 12.4 Å². The number of hydrogen-bond acceptors (Lipinski definition) is 1. The van der Waals surface area contributed by atoms with E-state index in [9.17, 15) is 18.0 Å². The largest absolute Gasteiger partial charge is 0.351 e. The Morgan fingerprint density at radius 1 is 1.21 bits per heavy atom. The molecular weight excluding hydrogens is 221 g/mol. The van der Waals surface area contributed by atoms with Gasteiger partial charge in [0.2, 0.25) is 0 Å². The van der Waals surface area contributed by atoms with Crippen LogP contribution in [0.3, 0.4) is 0 Å². The number of benzene rings is 1. The Hall–Kier alpha value is -1.43. The van der Waals surface area contributed by atoms with Crippen LogP contribution in [0.4, 0.5) is 23.7 Å². The molecule has 0 saturated heterocycles. The molecule has 0 spiro atoms. The minimum atomic E-state index is -1.65. The van der Waals surface area contributed by atoms with Crippen molar-refractivity contribution in [3.05, 3.63) is 29.6 Å². The lowest BCUT2D eigenvalue weighted by atomic mass is 10.3. The molecule has 0 bridgehead atoms. The molecule has 0 aliphatic rings. The van der Waals surface area contributed by atoms with Crippen LogP contribution in [0.2, 0.25) is 0 Å². The molecule has 0 fully saturated rings. The molecule has 0 saturated carbocycles. The molecule has 7 heteroatoms. The number of nitrogens with one attached hydrogen (secondary N) is 1. The molecular formula is C7H6ClF3N2O. The van der Waals surface area contributed by atoms with Gasteiger partial charge >= 0.3 is 6.03 Å². The van der Waals surface area contributed by atoms with Crippen molar-refractivity contribution in [1.82, 2.24) is 0 Å². The molecule has 0 aromatic heterocycles. The van der Waals surface area contributed by atoms with E-state index in [1.807, 2.05) is 0 Å². The van der Waals surface area contributed by atoms with Crippen LogP contribution in [0.5, 0.6) is 0 Å². The lowest BCUT2D eigenvalue weighted by Crippen LogP contribution is -2.20. The van der Waals surface area contributed by atoms with Gasteiger partial charge in [-0.25, -0.2) is 18.0 Å². The molecule has 0 atom stereocenters. The van der Waals surface area contributed by atoms with Crippen molar-refractivity contribution in [3.8, 4) is 0 Å². The minimum absolute atomic E-state index is 0. The molecule has 2 amide bonds. The number of halogens is 4. The van der Waals surface area contributed by atoms with Crippen molar-refractivity contribution >= 4 is 24.1 Å². The van der Waals surface area contributed by atoms with Crippen molar-refractivity contribution in [2.75, 3.05) is 5.32 Å². The average Bonchev–Trinajstić information content (AvgIpc) is 2.06. The standard InChI is InChI=1S/C7H5F3N2O.ClH/c8-3-1-2-4(12-7(11)13)6(10)5(3)9;/h1-2H,(H3,11,12,13);1H. The van der Waals surface area contributed by atoms with E-state index in [1.165, 1.54) is 0 Å². The summed E-state index contributed by atoms with van der Waals surface area (Å²) < 4.78 is 37.6. The zero-order chi connectivity index (χ0) is 10.0. The highest BCUT2D eigenvalue weighted by molar-refractivity contribution is 5.87. The highest BCUT2D eigenvalue weighted by Gasteiger charge is 2.13. The molecule has 0 unspecified atom stereocenters. The van der Waals surface area contributed by atoms with E-state index in [2.05, 4.69) is 5.73 Å². The fourth-order valence-corrected chi connectivity index (χ4v) is 0.755. The summed E-state index contributed by atoms with van der Waals surface area (Å²) in [6.45, 7) is 0. The molecule has 1 rings (SSSR count). The van der Waals surface area contributed by atoms with E-state index >= 15 is 0 Å². The third kappa shape index (κ3) is 2.53. The van der Waals surface area contributed by atoms with E-state index in [1.54, 1.807) is 5.32 Å². The summed E-state index contributed by atoms with van der Waals surface area (Å²) in [4.78, 5) is 10.2. The molecule has 3 nitrogen and oxygen atoms in total. The Morgan fingerprint density at radius 3 is 2.29 bits per heavy atom. The third-order valence-corrected chi connectivity index (χ3v) is 1.29. The van der Waals surface area contributed by atoms with Gasteiger partial charge in [0, 0.05) is 0 Å². The summed E-state index contributed by atoms with van der Waals surface area (Å²) in [6, 6.07) is 0.507. The van der Waals surface area contributed by atoms with Crippen molar-refractivity contribution in [2.24, 2.45) is 5.73 Å². The van der Waals surface area contributed by atoms with Gasteiger partial charge in [0.1, 0.15) is 0 Å². The van der Waals surface area contributed by atoms with Gasteiger partial charge in [-0.05, 0) is 12.1 Å². The molecule has 0 radical (unpaired) electrons. The summed E-state index contributed by atoms with van der Waals surface area (Å²) in [5.41, 5.74) is 4.15. The van der Waals surface area contributed by atoms with Crippen molar-refractivity contribution < 1.29 is 18.0 Å². The van der Waals surface area contributed by atoms with Gasteiger partial charge in [0.15, 0.2) is 17.5 Å². The number of amides is 2. The van der Waals surface area contributed by atoms with Crippen LogP contribution in [-0.4, -0.2) is 6.03 Å². The highest BCUT2D eigenvalue weighted by Crippen LogP contribution is 2.18. The van der Waals surface area contributed by atoms with Crippen LogP contribution in [-0.2, 0) is 0 Å². The lowest BCUT2D eigenvalue weighted by Gasteiger charge is -2.03. The first-order valence-electron chi connectivity index (χ1n) is 3.22. The molecule has 0 aliphatic heterocycles. The van der Waals surface area contributed by atoms with Crippen molar-refractivity contribution in [1.29, 1.82) is 0 Å². The molecule has 0 heterocycles. The Kier molecular flexibility index (Phi) is 4.23. The van der Waals surface area contributed by atoms with Gasteiger partial charge in [0.05, 0.1) is 5.69 Å². The van der Waals surface area contributed by atoms with Crippen LogP contribution in [0.1, 0.15) is 0 Å². The average molecular weight is 227 g/mol. The monoisotopic (exact) mass is 226 g/mol. The van der Waals surface area contributed by atoms with Gasteiger partial charge in [-0.1, -0.05) is 0 Å². The molecule has 14 heavy (non-hydrogen) atoms. The van der Waals surface area contributed by atoms with Gasteiger partial charge < -0.3 is 11.1 Å². The predicted molar refractivity (Wildman–Crippen MR) is 46.8 cm³/mol. The third-order valence-electron chi connectivity index (χ3n) is 1.29. The first kappa shape index (κ1) is 12.6. The van der Waals surface area contributed by atoms with Crippen LogP contribution in [0.25, 0.3) is 0 Å². The molecule has 1 aromatic rings. The van der Waals surface area contributed by atoms with E-state index in [4.69, 9.17) is 0 Å². The van der Waals surface area contributed by atoms with E-state index < -0.39 is 29.2 Å². The zero-order valence-electron chi connectivity index (χ0n) is 6.68. The number of urea groups is 1. The number of primary amides is 1. The summed E-state index contributed by atoms with van der Waals surface area (Å²) in [7, 11) is 0. The van der Waals surface area contributed by atoms with Crippen LogP contribution >= 0.6 is 12.4 Å². The quantitative estimate of drug-likeness (QED) is 0.707. The van der Waals surface area contributed by atoms with Crippen LogP contribution in [0.15, 0.2) is 12.1 Å². The van der Waals surface area contributed by atoms with Gasteiger partial charge in [0.25, 0.3) is 0 Å². The summed E-state index contributed by atoms with van der Waals surface area (Å²) in [5.74, 6) is -4.45. The number of carbonyl (C=O) groups is 1. The number of carbonyl (C=O) groups excluding carboxylic acids is 1. The highest BCUT2D eigenvalue weighted by atomic mass is 35.5. The second kappa shape index (κ2) is 4.71. The first-order chi connectivity index (χ1) is 6.02. The molecule has 3 N–H and O–H groups in total. The first-order valence-corrected chi connectivity index (χ1v) is 3.22. The Morgan fingerprint density at radius 2 is 1.79 bits per heavy atom. The maximum atomic E-state index is 12.7. The Labute approximate surface area is 83.5 Å². The number of hydrogen-bond donors (Lipinski definition) is 2. The smallest absolute Gasteiger partial charge is 0.316 e. The van der Waals surface area contributed by atoms with Crippen molar-refractivity contribution in [2.45, 2.75) is 0 Å². The minimum Gasteiger partial charge on any atom is -0.351 e. The second-order valence-electron chi connectivity index (χ2n) is 2.21. The van der Waals surface area contributed by atoms with E-state index in [0.29, 0.717) is 6.07 Å². The zero-order valence-corrected chi connectivity index (χ0v) is 7.50. The normalized spacial score (nSPS) is 9.07. The fraction of sp³-hybridized carbons (Fsp3) is 0. The predicted octanol–water partition coefficient (Wildman–Crippen LogP) is 2.02. The number of rotatable bonds is 1. The Balaban J connectivity index is 0.00000169. The SMILES string of the molecule is Cl.NC(=O)Nc1ccc(F)c(F)c1F. The van der Waals surface area contributed by atoms with E-state index in [-0.39, 0.29) is 12.4 Å². The maximum Gasteiger partial charge on any atom is 0.316 e. The summed E-state index contributed by atoms with van der Waals surface area (Å²) >= 11 is 0. The molecule has 1 aromatic carbocycles. The summed E-state index contributed by atoms with van der Waals surface area (Å²) in [5, 5.41) is 1.80. The second-order valence-corrected chi connectivity index (χ2v) is 2.21. The molecule has 78 valence electrons. The maximum absolute atomic E-state index is 12.7. The van der Waals surface area contributed by atoms with Crippen LogP contribution in [0, 0.1) is 17.5 Å². The van der Waals surface area contributed by atoms with Gasteiger partial charge in [-0.3, -0.25) is 0 Å².